The van der Waals surface area contributed by atoms with Crippen LogP contribution in [0.15, 0.2) is 33.6 Å². The van der Waals surface area contributed by atoms with Gasteiger partial charge in [0.05, 0.1) is 23.4 Å². The van der Waals surface area contributed by atoms with Gasteiger partial charge in [0, 0.05) is 16.4 Å². The Morgan fingerprint density at radius 3 is 2.58 bits per heavy atom. The third-order valence-electron chi connectivity index (χ3n) is 4.27. The molecule has 0 spiro atoms. The van der Waals surface area contributed by atoms with Crippen LogP contribution in [0.2, 0.25) is 0 Å². The first-order valence-corrected chi connectivity index (χ1v) is 13.4. The minimum Gasteiger partial charge on any atom is -0.487 e. The monoisotopic (exact) mass is 565 g/mol. The van der Waals surface area contributed by atoms with E-state index in [1.807, 2.05) is 0 Å². The van der Waals surface area contributed by atoms with Gasteiger partial charge in [-0.05, 0) is 23.7 Å². The number of ether oxygens (including phenoxy) is 1. The van der Waals surface area contributed by atoms with Crippen molar-refractivity contribution in [3.05, 3.63) is 63.5 Å². The molecule has 1 aromatic heterocycles. The molecule has 2 aromatic carbocycles. The number of thiophene rings is 1. The second kappa shape index (κ2) is 10.7. The highest BCUT2D eigenvalue weighted by Crippen LogP contribution is 2.43. The Morgan fingerprint density at radius 1 is 1.22 bits per heavy atom. The van der Waals surface area contributed by atoms with E-state index in [1.54, 1.807) is 4.72 Å². The van der Waals surface area contributed by atoms with Crippen LogP contribution >= 0.6 is 18.9 Å². The van der Waals surface area contributed by atoms with Crippen molar-refractivity contribution in [3.8, 4) is 17.6 Å². The molecule has 0 radical (unpaired) electrons. The van der Waals surface area contributed by atoms with Crippen LogP contribution in [0.5, 0.6) is 11.5 Å². The van der Waals surface area contributed by atoms with Gasteiger partial charge in [-0.15, -0.1) is 11.3 Å². The Morgan fingerprint density at radius 2 is 1.94 bits per heavy atom. The van der Waals surface area contributed by atoms with E-state index in [0.29, 0.717) is 12.1 Å². The zero-order valence-electron chi connectivity index (χ0n) is 17.5. The second-order valence-corrected chi connectivity index (χ2v) is 11.5. The van der Waals surface area contributed by atoms with E-state index in [4.69, 9.17) is 20.1 Å². The topological polar surface area (TPSA) is 174 Å². The second-order valence-electron chi connectivity index (χ2n) is 6.67. The molecular formula is C18H12F4N5O6PS2. The van der Waals surface area contributed by atoms with Gasteiger partial charge >= 0.3 is 7.60 Å². The lowest BCUT2D eigenvalue weighted by atomic mass is 10.2. The molecule has 0 aliphatic carbocycles. The molecule has 3 aromatic rings. The molecule has 0 bridgehead atoms. The molecule has 0 amide bonds. The number of halogens is 4. The van der Waals surface area contributed by atoms with E-state index in [0.717, 1.165) is 12.1 Å². The molecule has 36 heavy (non-hydrogen) atoms. The van der Waals surface area contributed by atoms with Gasteiger partial charge < -0.3 is 14.2 Å². The van der Waals surface area contributed by atoms with Gasteiger partial charge in [0.2, 0.25) is 5.82 Å². The summed E-state index contributed by atoms with van der Waals surface area (Å²) in [6.45, 7) is -0.808. The predicted octanol–water partition coefficient (Wildman–Crippen LogP) is 4.52. The summed E-state index contributed by atoms with van der Waals surface area (Å²) in [5.74, 6) is -7.41. The first kappa shape index (κ1) is 27.2. The molecule has 2 N–H and O–H groups in total. The summed E-state index contributed by atoms with van der Waals surface area (Å²) in [5.41, 5.74) is 7.84. The quantitative estimate of drug-likeness (QED) is 0.0691. The maximum absolute atomic E-state index is 14.7. The molecule has 190 valence electrons. The SMILES string of the molecule is N#Cc1ccc(OP(=O)(O)CNS(=O)(=O)c2cc3c(F)c(F)c(OCCN=[N+]=[N-])c(F)c3s2)cc1F. The lowest BCUT2D eigenvalue weighted by Gasteiger charge is -2.14. The molecule has 18 heteroatoms. The summed E-state index contributed by atoms with van der Waals surface area (Å²) < 4.78 is 104. The zero-order chi connectivity index (χ0) is 26.7. The van der Waals surface area contributed by atoms with Crippen LogP contribution in [-0.4, -0.2) is 32.7 Å². The Bertz CT molecular complexity index is 1590. The Kier molecular flexibility index (Phi) is 8.09. The number of hydrogen-bond acceptors (Lipinski definition) is 8. The minimum absolute atomic E-state index is 0.186. The van der Waals surface area contributed by atoms with E-state index < -0.39 is 79.6 Å². The first-order chi connectivity index (χ1) is 16.9. The normalized spacial score (nSPS) is 13.0. The van der Waals surface area contributed by atoms with Crippen LogP contribution in [0, 0.1) is 34.6 Å². The lowest BCUT2D eigenvalue weighted by molar-refractivity contribution is 0.289. The van der Waals surface area contributed by atoms with Crippen molar-refractivity contribution in [3.63, 3.8) is 0 Å². The van der Waals surface area contributed by atoms with Crippen molar-refractivity contribution < 1.29 is 44.7 Å². The molecule has 1 heterocycles. The number of azide groups is 1. The average Bonchev–Trinajstić information content (AvgIpc) is 3.28. The molecule has 1 atom stereocenters. The van der Waals surface area contributed by atoms with E-state index in [1.165, 1.54) is 6.07 Å². The maximum atomic E-state index is 14.7. The van der Waals surface area contributed by atoms with Gasteiger partial charge in [0.1, 0.15) is 28.1 Å². The van der Waals surface area contributed by atoms with Crippen molar-refractivity contribution in [2.45, 2.75) is 4.21 Å². The average molecular weight is 565 g/mol. The van der Waals surface area contributed by atoms with E-state index >= 15 is 0 Å². The minimum atomic E-state index is -4.76. The standard InChI is InChI=1S/C18H12F4N5O6PS2/c19-12-5-10(2-1-9(12)7-23)33-34(28,29)8-26-36(30,31)13-6-11-14(20)15(21)17(16(22)18(11)35-13)32-4-3-25-27-24/h1-2,5-6,26H,3-4,8H2,(H,28,29). The van der Waals surface area contributed by atoms with Crippen molar-refractivity contribution >= 4 is 39.0 Å². The number of rotatable bonds is 10. The number of nitriles is 1. The molecular weight excluding hydrogens is 553 g/mol. The van der Waals surface area contributed by atoms with Gasteiger partial charge in [-0.25, -0.2) is 26.2 Å². The van der Waals surface area contributed by atoms with Crippen LogP contribution < -0.4 is 14.0 Å². The molecule has 11 nitrogen and oxygen atoms in total. The van der Waals surface area contributed by atoms with Crippen molar-refractivity contribution in [1.82, 2.24) is 4.72 Å². The van der Waals surface area contributed by atoms with Crippen molar-refractivity contribution in [1.29, 1.82) is 5.26 Å². The van der Waals surface area contributed by atoms with Crippen LogP contribution in [0.25, 0.3) is 20.5 Å². The summed E-state index contributed by atoms with van der Waals surface area (Å²) in [7, 11) is -9.42. The van der Waals surface area contributed by atoms with Crippen molar-refractivity contribution in [2.24, 2.45) is 5.11 Å². The van der Waals surface area contributed by atoms with E-state index in [2.05, 4.69) is 10.0 Å². The molecule has 0 fully saturated rings. The van der Waals surface area contributed by atoms with Crippen molar-refractivity contribution in [2.75, 3.05) is 19.4 Å². The van der Waals surface area contributed by atoms with Gasteiger partial charge in [-0.1, -0.05) is 5.11 Å². The maximum Gasteiger partial charge on any atom is 0.391 e. The summed E-state index contributed by atoms with van der Waals surface area (Å²) in [6.07, 6.45) is -1.22. The molecule has 0 saturated heterocycles. The summed E-state index contributed by atoms with van der Waals surface area (Å²) in [5, 5.41) is 11.1. The third kappa shape index (κ3) is 5.88. The third-order valence-corrected chi connectivity index (χ3v) is 8.54. The van der Waals surface area contributed by atoms with E-state index in [-0.39, 0.29) is 23.4 Å². The number of nitrogens with one attached hydrogen (secondary N) is 1. The molecule has 0 aliphatic rings. The molecule has 0 saturated carbocycles. The smallest absolute Gasteiger partial charge is 0.391 e. The molecule has 0 aliphatic heterocycles. The van der Waals surface area contributed by atoms with Crippen LogP contribution in [-0.2, 0) is 14.6 Å². The zero-order valence-corrected chi connectivity index (χ0v) is 20.0. The Labute approximate surface area is 203 Å². The fourth-order valence-electron chi connectivity index (χ4n) is 2.68. The molecule has 3 rings (SSSR count). The van der Waals surface area contributed by atoms with Gasteiger partial charge in [0.15, 0.2) is 17.4 Å². The van der Waals surface area contributed by atoms with Gasteiger partial charge in [0.25, 0.3) is 10.0 Å². The highest BCUT2D eigenvalue weighted by molar-refractivity contribution is 7.92. The number of fused-ring (bicyclic) bond motifs is 1. The van der Waals surface area contributed by atoms with Crippen LogP contribution in [0.4, 0.5) is 17.6 Å². The van der Waals surface area contributed by atoms with Gasteiger partial charge in [-0.2, -0.15) is 14.4 Å². The summed E-state index contributed by atoms with van der Waals surface area (Å²) in [4.78, 5) is 12.3. The highest BCUT2D eigenvalue weighted by Gasteiger charge is 2.30. The van der Waals surface area contributed by atoms with Gasteiger partial charge in [-0.3, -0.25) is 0 Å². The number of benzene rings is 2. The summed E-state index contributed by atoms with van der Waals surface area (Å²) >= 11 is 0.186. The number of nitrogens with zero attached hydrogens (tertiary/aromatic N) is 4. The highest BCUT2D eigenvalue weighted by atomic mass is 32.2. The fourth-order valence-corrected chi connectivity index (χ4v) is 6.62. The van der Waals surface area contributed by atoms with Crippen LogP contribution in [0.3, 0.4) is 0 Å². The Balaban J connectivity index is 1.83. The summed E-state index contributed by atoms with van der Waals surface area (Å²) in [6, 6.07) is 4.79. The number of sulfonamides is 1. The first-order valence-electron chi connectivity index (χ1n) is 9.34. The molecule has 1 unspecified atom stereocenters. The number of hydrogen-bond donors (Lipinski definition) is 2. The largest absolute Gasteiger partial charge is 0.487 e. The van der Waals surface area contributed by atoms with Crippen LogP contribution in [0.1, 0.15) is 5.56 Å². The predicted molar refractivity (Wildman–Crippen MR) is 118 cm³/mol. The lowest BCUT2D eigenvalue weighted by Crippen LogP contribution is -2.25. The fraction of sp³-hybridized carbons (Fsp3) is 0.167. The Hall–Kier alpha value is -3.38. The van der Waals surface area contributed by atoms with E-state index in [9.17, 15) is 35.4 Å².